The van der Waals surface area contributed by atoms with Crippen molar-refractivity contribution in [2.75, 3.05) is 7.11 Å². The number of methoxy groups -OCH3 is 1. The van der Waals surface area contributed by atoms with Crippen LogP contribution >= 0.6 is 0 Å². The van der Waals surface area contributed by atoms with E-state index in [1.165, 1.54) is 0 Å². The molecule has 0 N–H and O–H groups in total. The molecule has 14 heavy (non-hydrogen) atoms. The maximum Gasteiger partial charge on any atom is 0.158 e. The molecule has 1 aliphatic rings. The molecular formula is C11H22O3. The maximum atomic E-state index is 5.76. The molecule has 1 saturated heterocycles. The molecule has 3 nitrogen and oxygen atoms in total. The predicted molar refractivity (Wildman–Crippen MR) is 55.2 cm³/mol. The molecule has 1 aliphatic heterocycles. The summed E-state index contributed by atoms with van der Waals surface area (Å²) in [6, 6.07) is 0. The Morgan fingerprint density at radius 3 is 2.29 bits per heavy atom. The molecule has 0 amide bonds. The highest BCUT2D eigenvalue weighted by atomic mass is 16.7. The van der Waals surface area contributed by atoms with E-state index in [2.05, 4.69) is 0 Å². The van der Waals surface area contributed by atoms with Crippen LogP contribution < -0.4 is 0 Å². The van der Waals surface area contributed by atoms with Gasteiger partial charge in [0.1, 0.15) is 0 Å². The number of hydrogen-bond donors (Lipinski definition) is 0. The third-order valence-electron chi connectivity index (χ3n) is 2.36. The van der Waals surface area contributed by atoms with E-state index in [0.29, 0.717) is 0 Å². The first-order valence-corrected chi connectivity index (χ1v) is 5.28. The van der Waals surface area contributed by atoms with E-state index >= 15 is 0 Å². The standard InChI is InChI=1S/C11H22O3/c1-8-9(12-5)6-7-10(13-8)14-11(2,3)4/h8-10H,6-7H2,1-5H3/t8-,9?,10?/m0/s1. The summed E-state index contributed by atoms with van der Waals surface area (Å²) in [4.78, 5) is 0. The van der Waals surface area contributed by atoms with Gasteiger partial charge < -0.3 is 14.2 Å². The van der Waals surface area contributed by atoms with Gasteiger partial charge in [0.15, 0.2) is 6.29 Å². The Morgan fingerprint density at radius 1 is 1.21 bits per heavy atom. The average molecular weight is 202 g/mol. The van der Waals surface area contributed by atoms with Crippen LogP contribution in [0.5, 0.6) is 0 Å². The lowest BCUT2D eigenvalue weighted by atomic mass is 10.1. The van der Waals surface area contributed by atoms with E-state index in [1.54, 1.807) is 7.11 Å². The molecule has 2 unspecified atom stereocenters. The first-order valence-electron chi connectivity index (χ1n) is 5.28. The molecule has 0 aromatic rings. The van der Waals surface area contributed by atoms with Gasteiger partial charge in [-0.2, -0.15) is 0 Å². The van der Waals surface area contributed by atoms with Gasteiger partial charge in [0.25, 0.3) is 0 Å². The highest BCUT2D eigenvalue weighted by Gasteiger charge is 2.30. The number of ether oxygens (including phenoxy) is 3. The molecule has 1 heterocycles. The summed E-state index contributed by atoms with van der Waals surface area (Å²) < 4.78 is 16.8. The van der Waals surface area contributed by atoms with Gasteiger partial charge in [-0.25, -0.2) is 0 Å². The number of rotatable bonds is 2. The zero-order chi connectivity index (χ0) is 10.8. The SMILES string of the molecule is COC1CCC(OC(C)(C)C)O[C@H]1C. The van der Waals surface area contributed by atoms with Gasteiger partial charge in [-0.3, -0.25) is 0 Å². The summed E-state index contributed by atoms with van der Waals surface area (Å²) >= 11 is 0. The fourth-order valence-electron chi connectivity index (χ4n) is 1.72. The van der Waals surface area contributed by atoms with Gasteiger partial charge in [-0.15, -0.1) is 0 Å². The Labute approximate surface area is 86.7 Å². The summed E-state index contributed by atoms with van der Waals surface area (Å²) in [5, 5.41) is 0. The molecule has 0 radical (unpaired) electrons. The van der Waals surface area contributed by atoms with E-state index in [4.69, 9.17) is 14.2 Å². The van der Waals surface area contributed by atoms with Gasteiger partial charge in [0.2, 0.25) is 0 Å². The smallest absolute Gasteiger partial charge is 0.158 e. The molecule has 84 valence electrons. The Hall–Kier alpha value is -0.120. The van der Waals surface area contributed by atoms with Crippen LogP contribution in [-0.4, -0.2) is 31.2 Å². The van der Waals surface area contributed by atoms with Crippen LogP contribution in [0, 0.1) is 0 Å². The average Bonchev–Trinajstić information content (AvgIpc) is 2.01. The van der Waals surface area contributed by atoms with Crippen LogP contribution in [0.3, 0.4) is 0 Å². The summed E-state index contributed by atoms with van der Waals surface area (Å²) in [5.41, 5.74) is -0.135. The highest BCUT2D eigenvalue weighted by Crippen LogP contribution is 2.25. The predicted octanol–water partition coefficient (Wildman–Crippen LogP) is 2.34. The minimum Gasteiger partial charge on any atom is -0.379 e. The van der Waals surface area contributed by atoms with Crippen molar-refractivity contribution in [2.24, 2.45) is 0 Å². The van der Waals surface area contributed by atoms with Crippen molar-refractivity contribution in [1.82, 2.24) is 0 Å². The molecule has 0 spiro atoms. The lowest BCUT2D eigenvalue weighted by Crippen LogP contribution is -2.41. The van der Waals surface area contributed by atoms with Crippen molar-refractivity contribution in [3.8, 4) is 0 Å². The quantitative estimate of drug-likeness (QED) is 0.688. The third-order valence-corrected chi connectivity index (χ3v) is 2.36. The van der Waals surface area contributed by atoms with E-state index in [9.17, 15) is 0 Å². The Morgan fingerprint density at radius 2 is 1.86 bits per heavy atom. The Bertz CT molecular complexity index is 174. The fourth-order valence-corrected chi connectivity index (χ4v) is 1.72. The van der Waals surface area contributed by atoms with E-state index in [1.807, 2.05) is 27.7 Å². The van der Waals surface area contributed by atoms with Crippen molar-refractivity contribution in [1.29, 1.82) is 0 Å². The summed E-state index contributed by atoms with van der Waals surface area (Å²) in [7, 11) is 1.73. The molecule has 0 aliphatic carbocycles. The molecule has 3 atom stereocenters. The van der Waals surface area contributed by atoms with Crippen LogP contribution in [0.25, 0.3) is 0 Å². The summed E-state index contributed by atoms with van der Waals surface area (Å²) in [6.45, 7) is 8.17. The van der Waals surface area contributed by atoms with Gasteiger partial charge >= 0.3 is 0 Å². The van der Waals surface area contributed by atoms with E-state index < -0.39 is 0 Å². The maximum absolute atomic E-state index is 5.76. The molecule has 1 fully saturated rings. The lowest BCUT2D eigenvalue weighted by Gasteiger charge is -2.36. The second kappa shape index (κ2) is 4.60. The van der Waals surface area contributed by atoms with Crippen LogP contribution in [0.15, 0.2) is 0 Å². The number of hydrogen-bond acceptors (Lipinski definition) is 3. The summed E-state index contributed by atoms with van der Waals surface area (Å²) in [6.07, 6.45) is 2.20. The van der Waals surface area contributed by atoms with E-state index in [0.717, 1.165) is 12.8 Å². The van der Waals surface area contributed by atoms with Gasteiger partial charge in [-0.1, -0.05) is 0 Å². The van der Waals surface area contributed by atoms with Crippen molar-refractivity contribution >= 4 is 0 Å². The van der Waals surface area contributed by atoms with Crippen molar-refractivity contribution in [2.45, 2.75) is 64.6 Å². The Balaban J connectivity index is 2.39. The molecule has 0 aromatic heterocycles. The minimum atomic E-state index is -0.135. The van der Waals surface area contributed by atoms with Crippen molar-refractivity contribution < 1.29 is 14.2 Å². The zero-order valence-corrected chi connectivity index (χ0v) is 9.87. The van der Waals surface area contributed by atoms with Gasteiger partial charge in [0, 0.05) is 13.5 Å². The molecular weight excluding hydrogens is 180 g/mol. The van der Waals surface area contributed by atoms with Crippen LogP contribution in [0.1, 0.15) is 40.5 Å². The highest BCUT2D eigenvalue weighted by molar-refractivity contribution is 4.74. The zero-order valence-electron chi connectivity index (χ0n) is 9.87. The largest absolute Gasteiger partial charge is 0.379 e. The lowest BCUT2D eigenvalue weighted by molar-refractivity contribution is -0.252. The molecule has 1 rings (SSSR count). The van der Waals surface area contributed by atoms with Crippen molar-refractivity contribution in [3.63, 3.8) is 0 Å². The van der Waals surface area contributed by atoms with Gasteiger partial charge in [-0.05, 0) is 34.1 Å². The van der Waals surface area contributed by atoms with Crippen molar-refractivity contribution in [3.05, 3.63) is 0 Å². The normalized spacial score (nSPS) is 34.5. The van der Waals surface area contributed by atoms with Gasteiger partial charge in [0.05, 0.1) is 17.8 Å². The topological polar surface area (TPSA) is 27.7 Å². The molecule has 3 heteroatoms. The van der Waals surface area contributed by atoms with Crippen LogP contribution in [0.2, 0.25) is 0 Å². The molecule has 0 bridgehead atoms. The molecule has 0 aromatic carbocycles. The van der Waals surface area contributed by atoms with Crippen LogP contribution in [0.4, 0.5) is 0 Å². The Kier molecular flexibility index (Phi) is 3.93. The monoisotopic (exact) mass is 202 g/mol. The summed E-state index contributed by atoms with van der Waals surface area (Å²) in [5.74, 6) is 0. The molecule has 0 saturated carbocycles. The fraction of sp³-hybridized carbons (Fsp3) is 1.00. The van der Waals surface area contributed by atoms with E-state index in [-0.39, 0.29) is 24.1 Å². The van der Waals surface area contributed by atoms with Crippen LogP contribution in [-0.2, 0) is 14.2 Å². The second-order valence-corrected chi connectivity index (χ2v) is 4.85. The third kappa shape index (κ3) is 3.56. The second-order valence-electron chi connectivity index (χ2n) is 4.85. The minimum absolute atomic E-state index is 0.0728. The first kappa shape index (κ1) is 12.0. The first-order chi connectivity index (χ1) is 6.42.